The molecule has 2 aliphatic rings. The maximum atomic E-state index is 12.4. The third kappa shape index (κ3) is 7.92. The molecule has 0 unspecified atom stereocenters. The number of hydrogen-bond acceptors (Lipinski definition) is 7. The van der Waals surface area contributed by atoms with Gasteiger partial charge in [0.1, 0.15) is 12.2 Å². The maximum Gasteiger partial charge on any atom is 0.410 e. The van der Waals surface area contributed by atoms with Crippen molar-refractivity contribution in [1.29, 1.82) is 0 Å². The molecule has 1 atom stereocenters. The lowest BCUT2D eigenvalue weighted by molar-refractivity contribution is 0.00443. The molecule has 0 saturated carbocycles. The average molecular weight is 513 g/mol. The molecule has 3 heterocycles. The third-order valence-corrected chi connectivity index (χ3v) is 6.89. The summed E-state index contributed by atoms with van der Waals surface area (Å²) in [6.07, 6.45) is 3.36. The molecule has 4 rings (SSSR count). The first-order valence-electron chi connectivity index (χ1n) is 13.2. The first-order chi connectivity index (χ1) is 17.7. The molecule has 10 nitrogen and oxygen atoms in total. The zero-order valence-electron chi connectivity index (χ0n) is 22.5. The molecule has 0 bridgehead atoms. The summed E-state index contributed by atoms with van der Waals surface area (Å²) in [4.78, 5) is 30.7. The Morgan fingerprint density at radius 2 is 1.73 bits per heavy atom. The van der Waals surface area contributed by atoms with E-state index in [4.69, 9.17) is 9.47 Å². The lowest BCUT2D eigenvalue weighted by Gasteiger charge is -2.39. The van der Waals surface area contributed by atoms with Gasteiger partial charge in [-0.2, -0.15) is 0 Å². The van der Waals surface area contributed by atoms with Gasteiger partial charge in [-0.15, -0.1) is 5.10 Å². The highest BCUT2D eigenvalue weighted by molar-refractivity contribution is 5.68. The van der Waals surface area contributed by atoms with E-state index in [1.807, 2.05) is 62.0 Å². The molecule has 0 aliphatic carbocycles. The largest absolute Gasteiger partial charge is 0.445 e. The van der Waals surface area contributed by atoms with Crippen LogP contribution in [-0.2, 0) is 29.2 Å². The van der Waals surface area contributed by atoms with Crippen molar-refractivity contribution < 1.29 is 19.1 Å². The van der Waals surface area contributed by atoms with E-state index in [1.165, 1.54) is 0 Å². The van der Waals surface area contributed by atoms with E-state index < -0.39 is 5.60 Å². The molecule has 0 spiro atoms. The Balaban J connectivity index is 1.18. The molecule has 2 aromatic rings. The van der Waals surface area contributed by atoms with Gasteiger partial charge in [0.2, 0.25) is 0 Å². The van der Waals surface area contributed by atoms with Crippen molar-refractivity contribution in [2.24, 2.45) is 5.92 Å². The van der Waals surface area contributed by atoms with Crippen molar-refractivity contribution in [2.75, 3.05) is 32.7 Å². The maximum absolute atomic E-state index is 12.4. The van der Waals surface area contributed by atoms with Crippen molar-refractivity contribution in [3.8, 4) is 0 Å². The second-order valence-electron chi connectivity index (χ2n) is 11.1. The molecule has 2 aliphatic heterocycles. The fourth-order valence-corrected chi connectivity index (χ4v) is 4.80. The molecule has 2 saturated heterocycles. The van der Waals surface area contributed by atoms with Crippen molar-refractivity contribution in [3.63, 3.8) is 0 Å². The normalized spacial score (nSPS) is 19.6. The second-order valence-corrected chi connectivity index (χ2v) is 11.1. The van der Waals surface area contributed by atoms with E-state index in [1.54, 1.807) is 9.80 Å². The van der Waals surface area contributed by atoms with Crippen LogP contribution in [0, 0.1) is 5.92 Å². The zero-order valence-corrected chi connectivity index (χ0v) is 22.5. The Morgan fingerprint density at radius 1 is 1.00 bits per heavy atom. The summed E-state index contributed by atoms with van der Waals surface area (Å²) in [5.41, 5.74) is 1.43. The first kappa shape index (κ1) is 26.9. The number of ether oxygens (including phenoxy) is 2. The first-order valence-corrected chi connectivity index (χ1v) is 13.2. The van der Waals surface area contributed by atoms with Gasteiger partial charge < -0.3 is 19.3 Å². The van der Waals surface area contributed by atoms with Crippen molar-refractivity contribution >= 4 is 12.2 Å². The van der Waals surface area contributed by atoms with E-state index in [-0.39, 0.29) is 18.2 Å². The van der Waals surface area contributed by atoms with Gasteiger partial charge in [0, 0.05) is 58.1 Å². The standard InChI is InChI=1S/C27H40N6O4/c1-21-16-32(26(35)37-27(2,3)4)15-14-31(21)18-24-19-33(29-28-24)17-22-10-12-30(13-11-22)25(34)36-20-23-8-6-5-7-9-23/h5-9,19,21-22H,10-18,20H2,1-4H3/t21-/m0/s1. The molecule has 2 amide bonds. The molecule has 10 heteroatoms. The Hall–Kier alpha value is -3.14. The van der Waals surface area contributed by atoms with Crippen LogP contribution in [0.4, 0.5) is 9.59 Å². The van der Waals surface area contributed by atoms with Gasteiger partial charge in [0.05, 0.1) is 5.69 Å². The highest BCUT2D eigenvalue weighted by atomic mass is 16.6. The van der Waals surface area contributed by atoms with Gasteiger partial charge in [0.15, 0.2) is 0 Å². The van der Waals surface area contributed by atoms with E-state index in [2.05, 4.69) is 22.1 Å². The van der Waals surface area contributed by atoms with Crippen molar-refractivity contribution in [1.82, 2.24) is 29.7 Å². The number of aromatic nitrogens is 3. The number of hydrogen-bond donors (Lipinski definition) is 0. The summed E-state index contributed by atoms with van der Waals surface area (Å²) in [6, 6.07) is 9.95. The number of carbonyl (C=O) groups is 2. The minimum absolute atomic E-state index is 0.206. The summed E-state index contributed by atoms with van der Waals surface area (Å²) in [5, 5.41) is 8.74. The topological polar surface area (TPSA) is 93.0 Å². The molecular formula is C27H40N6O4. The van der Waals surface area contributed by atoms with Gasteiger partial charge in [-0.25, -0.2) is 9.59 Å². The lowest BCUT2D eigenvalue weighted by atomic mass is 9.97. The highest BCUT2D eigenvalue weighted by Gasteiger charge is 2.30. The molecule has 1 aromatic heterocycles. The smallest absolute Gasteiger partial charge is 0.410 e. The summed E-state index contributed by atoms with van der Waals surface area (Å²) in [7, 11) is 0. The average Bonchev–Trinajstić information content (AvgIpc) is 3.30. The minimum Gasteiger partial charge on any atom is -0.445 e. The van der Waals surface area contributed by atoms with E-state index in [0.717, 1.165) is 37.2 Å². The molecule has 202 valence electrons. The summed E-state index contributed by atoms with van der Waals surface area (Å²) in [6.45, 7) is 13.0. The van der Waals surface area contributed by atoms with Crippen LogP contribution >= 0.6 is 0 Å². The third-order valence-electron chi connectivity index (χ3n) is 6.89. The molecule has 0 radical (unpaired) electrons. The van der Waals surface area contributed by atoms with Crippen LogP contribution in [0.5, 0.6) is 0 Å². The number of benzene rings is 1. The number of nitrogens with zero attached hydrogens (tertiary/aromatic N) is 6. The predicted octanol–water partition coefficient (Wildman–Crippen LogP) is 3.77. The van der Waals surface area contributed by atoms with E-state index >= 15 is 0 Å². The van der Waals surface area contributed by atoms with Crippen LogP contribution in [0.1, 0.15) is 51.8 Å². The molecule has 2 fully saturated rings. The Morgan fingerprint density at radius 3 is 2.41 bits per heavy atom. The van der Waals surface area contributed by atoms with Crippen LogP contribution in [-0.4, -0.2) is 86.2 Å². The number of piperidine rings is 1. The number of piperazine rings is 1. The fraction of sp³-hybridized carbons (Fsp3) is 0.630. The van der Waals surface area contributed by atoms with Gasteiger partial charge in [-0.05, 0) is 52.0 Å². The van der Waals surface area contributed by atoms with Gasteiger partial charge in [-0.3, -0.25) is 9.58 Å². The van der Waals surface area contributed by atoms with Crippen molar-refractivity contribution in [3.05, 3.63) is 47.8 Å². The number of amides is 2. The molecule has 1 aromatic carbocycles. The van der Waals surface area contributed by atoms with Crippen LogP contribution in [0.3, 0.4) is 0 Å². The highest BCUT2D eigenvalue weighted by Crippen LogP contribution is 2.21. The van der Waals surface area contributed by atoms with Crippen LogP contribution < -0.4 is 0 Å². The second kappa shape index (κ2) is 11.9. The Labute approximate surface area is 219 Å². The number of carbonyl (C=O) groups excluding carboxylic acids is 2. The van der Waals surface area contributed by atoms with E-state index in [9.17, 15) is 9.59 Å². The molecular weight excluding hydrogens is 472 g/mol. The minimum atomic E-state index is -0.488. The summed E-state index contributed by atoms with van der Waals surface area (Å²) in [5.74, 6) is 0.448. The Kier molecular flexibility index (Phi) is 8.68. The Bertz CT molecular complexity index is 1030. The van der Waals surface area contributed by atoms with Gasteiger partial charge in [0.25, 0.3) is 0 Å². The predicted molar refractivity (Wildman–Crippen MR) is 139 cm³/mol. The van der Waals surface area contributed by atoms with Gasteiger partial charge in [-0.1, -0.05) is 35.5 Å². The quantitative estimate of drug-likeness (QED) is 0.582. The fourth-order valence-electron chi connectivity index (χ4n) is 4.80. The van der Waals surface area contributed by atoms with Crippen LogP contribution in [0.25, 0.3) is 0 Å². The summed E-state index contributed by atoms with van der Waals surface area (Å²) < 4.78 is 12.9. The number of likely N-dealkylation sites (tertiary alicyclic amines) is 1. The SMILES string of the molecule is C[C@H]1CN(C(=O)OC(C)(C)C)CCN1Cc1cn(CC2CCN(C(=O)OCc3ccccc3)CC2)nn1. The monoisotopic (exact) mass is 512 g/mol. The van der Waals surface area contributed by atoms with Crippen LogP contribution in [0.15, 0.2) is 36.5 Å². The van der Waals surface area contributed by atoms with Crippen molar-refractivity contribution in [2.45, 2.75) is 71.9 Å². The van der Waals surface area contributed by atoms with E-state index in [0.29, 0.717) is 45.2 Å². The zero-order chi connectivity index (χ0) is 26.4. The van der Waals surface area contributed by atoms with Crippen LogP contribution in [0.2, 0.25) is 0 Å². The number of rotatable bonds is 6. The summed E-state index contributed by atoms with van der Waals surface area (Å²) >= 11 is 0. The lowest BCUT2D eigenvalue weighted by Crippen LogP contribution is -2.54. The molecule has 0 N–H and O–H groups in total. The van der Waals surface area contributed by atoms with Gasteiger partial charge >= 0.3 is 12.2 Å². The molecule has 37 heavy (non-hydrogen) atoms.